The van der Waals surface area contributed by atoms with Crippen molar-refractivity contribution in [2.45, 2.75) is 18.2 Å². The third-order valence-corrected chi connectivity index (χ3v) is 3.07. The first-order valence-electron chi connectivity index (χ1n) is 5.53. The predicted octanol–water partition coefficient (Wildman–Crippen LogP) is 2.24. The molecule has 1 atom stereocenters. The summed E-state index contributed by atoms with van der Waals surface area (Å²) in [5.41, 5.74) is -3.67. The van der Waals surface area contributed by atoms with Crippen molar-refractivity contribution in [3.8, 4) is 0 Å². The first kappa shape index (κ1) is 17.4. The van der Waals surface area contributed by atoms with E-state index in [-0.39, 0.29) is 5.69 Å². The van der Waals surface area contributed by atoms with Crippen LogP contribution in [-0.2, 0) is 14.3 Å². The number of aliphatic hydroxyl groups is 1. The van der Waals surface area contributed by atoms with E-state index in [2.05, 4.69) is 26.0 Å². The Balaban J connectivity index is 2.87. The van der Waals surface area contributed by atoms with Gasteiger partial charge in [0.1, 0.15) is 0 Å². The number of esters is 1. The van der Waals surface area contributed by atoms with Gasteiger partial charge < -0.3 is 15.2 Å². The maximum absolute atomic E-state index is 12.8. The van der Waals surface area contributed by atoms with Gasteiger partial charge >= 0.3 is 12.1 Å². The average molecular weight is 370 g/mol. The molecule has 0 aromatic heterocycles. The molecule has 0 heterocycles. The molecular weight excluding hydrogens is 359 g/mol. The molecule has 21 heavy (non-hydrogen) atoms. The monoisotopic (exact) mass is 369 g/mol. The zero-order valence-corrected chi connectivity index (χ0v) is 12.3. The van der Waals surface area contributed by atoms with Crippen LogP contribution in [0.25, 0.3) is 0 Å². The second-order valence-corrected chi connectivity index (χ2v) is 5.00. The maximum atomic E-state index is 12.8. The van der Waals surface area contributed by atoms with E-state index in [1.165, 1.54) is 12.1 Å². The Morgan fingerprint density at radius 2 is 1.81 bits per heavy atom. The molecule has 1 aromatic rings. The average Bonchev–Trinajstić information content (AvgIpc) is 2.38. The minimum Gasteiger partial charge on any atom is -0.467 e. The Morgan fingerprint density at radius 3 is 2.24 bits per heavy atom. The summed E-state index contributed by atoms with van der Waals surface area (Å²) in [6, 6.07) is 6.00. The number of nitrogens with one attached hydrogen (secondary N) is 1. The number of rotatable bonds is 4. The number of hydrogen-bond donors (Lipinski definition) is 2. The molecule has 0 radical (unpaired) electrons. The third-order valence-electron chi connectivity index (χ3n) is 2.54. The van der Waals surface area contributed by atoms with Crippen molar-refractivity contribution in [2.75, 3.05) is 12.4 Å². The van der Waals surface area contributed by atoms with E-state index in [1.807, 2.05) is 0 Å². The van der Waals surface area contributed by atoms with Crippen molar-refractivity contribution in [3.05, 3.63) is 28.7 Å². The number of halogens is 4. The zero-order valence-electron chi connectivity index (χ0n) is 10.7. The first-order valence-corrected chi connectivity index (χ1v) is 6.32. The van der Waals surface area contributed by atoms with Gasteiger partial charge in [-0.1, -0.05) is 15.9 Å². The quantitative estimate of drug-likeness (QED) is 0.798. The van der Waals surface area contributed by atoms with Gasteiger partial charge in [-0.2, -0.15) is 13.2 Å². The highest BCUT2D eigenvalue weighted by Crippen LogP contribution is 2.34. The SMILES string of the molecule is COC(=O)[C@@](O)(CC(=O)Nc1ccc(Br)cc1)C(F)(F)F. The van der Waals surface area contributed by atoms with Crippen LogP contribution in [0.4, 0.5) is 18.9 Å². The van der Waals surface area contributed by atoms with Crippen LogP contribution in [0.1, 0.15) is 6.42 Å². The largest absolute Gasteiger partial charge is 0.467 e. The molecule has 1 aromatic carbocycles. The fourth-order valence-electron chi connectivity index (χ4n) is 1.43. The minimum atomic E-state index is -5.34. The lowest BCUT2D eigenvalue weighted by Crippen LogP contribution is -2.54. The molecule has 0 aliphatic rings. The molecule has 9 heteroatoms. The molecule has 5 nitrogen and oxygen atoms in total. The van der Waals surface area contributed by atoms with Crippen LogP contribution in [0.2, 0.25) is 0 Å². The molecule has 1 amide bonds. The molecule has 0 unspecified atom stereocenters. The zero-order chi connectivity index (χ0) is 16.3. The first-order chi connectivity index (χ1) is 9.60. The summed E-state index contributed by atoms with van der Waals surface area (Å²) in [6.45, 7) is 0. The molecule has 1 rings (SSSR count). The summed E-state index contributed by atoms with van der Waals surface area (Å²) >= 11 is 3.15. The van der Waals surface area contributed by atoms with Crippen LogP contribution < -0.4 is 5.32 Å². The minimum absolute atomic E-state index is 0.220. The maximum Gasteiger partial charge on any atom is 0.428 e. The molecule has 116 valence electrons. The lowest BCUT2D eigenvalue weighted by atomic mass is 9.98. The van der Waals surface area contributed by atoms with Gasteiger partial charge in [-0.15, -0.1) is 0 Å². The number of carbonyl (C=O) groups is 2. The Morgan fingerprint density at radius 1 is 1.29 bits per heavy atom. The number of alkyl halides is 3. The summed E-state index contributed by atoms with van der Waals surface area (Å²) in [7, 11) is 0.686. The fraction of sp³-hybridized carbons (Fsp3) is 0.333. The normalized spacial score (nSPS) is 14.2. The van der Waals surface area contributed by atoms with E-state index in [0.29, 0.717) is 11.6 Å². The molecule has 0 aliphatic carbocycles. The predicted molar refractivity (Wildman–Crippen MR) is 70.4 cm³/mol. The molecule has 0 spiro atoms. The van der Waals surface area contributed by atoms with Crippen LogP contribution in [-0.4, -0.2) is 35.9 Å². The molecule has 0 saturated carbocycles. The summed E-state index contributed by atoms with van der Waals surface area (Å²) in [5.74, 6) is -3.12. The lowest BCUT2D eigenvalue weighted by molar-refractivity contribution is -0.261. The van der Waals surface area contributed by atoms with Gasteiger partial charge in [0.25, 0.3) is 5.60 Å². The van der Waals surface area contributed by atoms with Crippen LogP contribution >= 0.6 is 15.9 Å². The molecule has 0 bridgehead atoms. The number of benzene rings is 1. The van der Waals surface area contributed by atoms with E-state index >= 15 is 0 Å². The number of hydrogen-bond acceptors (Lipinski definition) is 4. The van der Waals surface area contributed by atoms with Gasteiger partial charge in [-0.3, -0.25) is 4.79 Å². The van der Waals surface area contributed by atoms with Crippen molar-refractivity contribution in [3.63, 3.8) is 0 Å². The highest BCUT2D eigenvalue weighted by atomic mass is 79.9. The van der Waals surface area contributed by atoms with E-state index in [0.717, 1.165) is 0 Å². The van der Waals surface area contributed by atoms with Gasteiger partial charge in [-0.05, 0) is 24.3 Å². The highest BCUT2D eigenvalue weighted by molar-refractivity contribution is 9.10. The van der Waals surface area contributed by atoms with Gasteiger partial charge in [0, 0.05) is 10.2 Å². The number of anilines is 1. The van der Waals surface area contributed by atoms with Crippen molar-refractivity contribution >= 4 is 33.5 Å². The van der Waals surface area contributed by atoms with Gasteiger partial charge in [0.15, 0.2) is 0 Å². The van der Waals surface area contributed by atoms with Crippen LogP contribution in [0, 0.1) is 0 Å². The second-order valence-electron chi connectivity index (χ2n) is 4.08. The van der Waals surface area contributed by atoms with Crippen LogP contribution in [0.15, 0.2) is 28.7 Å². The summed E-state index contributed by atoms with van der Waals surface area (Å²) in [5, 5.41) is 11.6. The molecule has 0 fully saturated rings. The number of amides is 1. The topological polar surface area (TPSA) is 75.6 Å². The lowest BCUT2D eigenvalue weighted by Gasteiger charge is -2.26. The summed E-state index contributed by atoms with van der Waals surface area (Å²) < 4.78 is 42.9. The molecule has 2 N–H and O–H groups in total. The van der Waals surface area contributed by atoms with Gasteiger partial charge in [0.2, 0.25) is 5.91 Å². The van der Waals surface area contributed by atoms with Crippen molar-refractivity contribution in [1.82, 2.24) is 0 Å². The third kappa shape index (κ3) is 4.18. The summed E-state index contributed by atoms with van der Waals surface area (Å²) in [4.78, 5) is 22.7. The number of carbonyl (C=O) groups excluding carboxylic acids is 2. The Bertz CT molecular complexity index is 532. The van der Waals surface area contributed by atoms with Gasteiger partial charge in [0.05, 0.1) is 13.5 Å². The van der Waals surface area contributed by atoms with Crippen molar-refractivity contribution < 1.29 is 32.6 Å². The van der Waals surface area contributed by atoms with E-state index in [1.54, 1.807) is 12.1 Å². The molecule has 0 aliphatic heterocycles. The molecular formula is C12H11BrF3NO4. The van der Waals surface area contributed by atoms with Crippen molar-refractivity contribution in [1.29, 1.82) is 0 Å². The Labute approximate surface area is 126 Å². The number of methoxy groups -OCH3 is 1. The standard InChI is InChI=1S/C12H11BrF3NO4/c1-21-10(19)11(20,12(14,15)16)6-9(18)17-8-4-2-7(13)3-5-8/h2-5,20H,6H2,1H3,(H,17,18)/t11-/m0/s1. The fourth-order valence-corrected chi connectivity index (χ4v) is 1.69. The van der Waals surface area contributed by atoms with Crippen molar-refractivity contribution in [2.24, 2.45) is 0 Å². The Kier molecular flexibility index (Phi) is 5.35. The van der Waals surface area contributed by atoms with E-state index in [4.69, 9.17) is 0 Å². The van der Waals surface area contributed by atoms with Crippen LogP contribution in [0.5, 0.6) is 0 Å². The van der Waals surface area contributed by atoms with Crippen LogP contribution in [0.3, 0.4) is 0 Å². The van der Waals surface area contributed by atoms with E-state index < -0.39 is 30.1 Å². The highest BCUT2D eigenvalue weighted by Gasteiger charge is 2.61. The van der Waals surface area contributed by atoms with E-state index in [9.17, 15) is 27.9 Å². The smallest absolute Gasteiger partial charge is 0.428 e. The summed E-state index contributed by atoms with van der Waals surface area (Å²) in [6.07, 6.45) is -6.84. The molecule has 0 saturated heterocycles. The Hall–Kier alpha value is -1.61. The second kappa shape index (κ2) is 6.44. The van der Waals surface area contributed by atoms with Gasteiger partial charge in [-0.25, -0.2) is 4.79 Å². The number of ether oxygens (including phenoxy) is 1.